The topological polar surface area (TPSA) is 12.9 Å². The Balaban J connectivity index is 1.13. The van der Waals surface area contributed by atoms with Gasteiger partial charge in [0.1, 0.15) is 0 Å². The van der Waals surface area contributed by atoms with E-state index in [9.17, 15) is 0 Å². The van der Waals surface area contributed by atoms with Crippen LogP contribution in [0.25, 0.3) is 45.6 Å². The van der Waals surface area contributed by atoms with Gasteiger partial charge >= 0.3 is 0 Å². The van der Waals surface area contributed by atoms with E-state index in [1.54, 1.807) is 0 Å². The van der Waals surface area contributed by atoms with E-state index in [4.69, 9.17) is 0 Å². The minimum Gasteiger partial charge on any atom is -0.264 e. The van der Waals surface area contributed by atoms with Gasteiger partial charge in [0.05, 0.1) is 0 Å². The van der Waals surface area contributed by atoms with E-state index in [0.29, 0.717) is 0 Å². The second kappa shape index (κ2) is 16.7. The summed E-state index contributed by atoms with van der Waals surface area (Å²) in [6, 6.07) is 71.7. The van der Waals surface area contributed by atoms with Gasteiger partial charge in [-0.1, -0.05) is 188 Å². The molecule has 258 valence electrons. The molecule has 54 heavy (non-hydrogen) atoms. The second-order valence-corrected chi connectivity index (χ2v) is 13.6. The van der Waals surface area contributed by atoms with E-state index in [1.165, 1.54) is 77.9 Å². The molecule has 0 aliphatic rings. The molecule has 7 aromatic carbocycles. The van der Waals surface area contributed by atoms with Gasteiger partial charge in [-0.2, -0.15) is 0 Å². The maximum atomic E-state index is 4.35. The van der Waals surface area contributed by atoms with Gasteiger partial charge in [0.25, 0.3) is 0 Å². The number of rotatable bonds is 11. The molecule has 0 spiro atoms. The van der Waals surface area contributed by atoms with Crippen molar-refractivity contribution in [1.29, 1.82) is 0 Å². The number of hydrogen-bond donors (Lipinski definition) is 0. The van der Waals surface area contributed by atoms with Crippen molar-refractivity contribution in [1.82, 2.24) is 4.98 Å². The molecule has 0 bridgehead atoms. The molecule has 1 heteroatoms. The summed E-state index contributed by atoms with van der Waals surface area (Å²) in [5.74, 6) is 0. The fourth-order valence-corrected chi connectivity index (χ4v) is 7.02. The van der Waals surface area contributed by atoms with Gasteiger partial charge in [-0.15, -0.1) is 0 Å². The first-order valence-corrected chi connectivity index (χ1v) is 18.6. The van der Waals surface area contributed by atoms with Crippen LogP contribution in [0.2, 0.25) is 0 Å². The van der Waals surface area contributed by atoms with Crippen molar-refractivity contribution in [2.45, 2.75) is 12.8 Å². The highest BCUT2D eigenvalue weighted by Crippen LogP contribution is 2.32. The predicted molar refractivity (Wildman–Crippen MR) is 229 cm³/mol. The normalized spacial score (nSPS) is 10.7. The standard InChI is InChI=1S/C53H41N/c1-5-15-46(16-6-1)52(47-17-7-2-8-18-47)36-40-25-29-44(30-26-40)50-34-43(24-23-42-14-13-33-54-39-42)35-51(38-50)45-31-27-41(28-32-45)37-53(48-19-9-3-10-20-48)49-21-11-4-12-22-49/h1-22,25-39H,23-24H2. The van der Waals surface area contributed by atoms with Crippen LogP contribution >= 0.6 is 0 Å². The molecular weight excluding hydrogens is 651 g/mol. The first-order chi connectivity index (χ1) is 26.7. The molecule has 0 saturated heterocycles. The van der Waals surface area contributed by atoms with Crippen molar-refractivity contribution in [2.75, 3.05) is 0 Å². The quantitative estimate of drug-likeness (QED) is 0.123. The highest BCUT2D eigenvalue weighted by atomic mass is 14.6. The average Bonchev–Trinajstić information content (AvgIpc) is 3.26. The smallest absolute Gasteiger partial charge is 0.0299 e. The Hall–Kier alpha value is -6.83. The van der Waals surface area contributed by atoms with Gasteiger partial charge in [-0.05, 0) is 115 Å². The Morgan fingerprint density at radius 1 is 0.352 bits per heavy atom. The highest BCUT2D eigenvalue weighted by molar-refractivity contribution is 5.92. The van der Waals surface area contributed by atoms with Crippen LogP contribution in [0.4, 0.5) is 0 Å². The van der Waals surface area contributed by atoms with Crippen LogP contribution < -0.4 is 0 Å². The van der Waals surface area contributed by atoms with Crippen molar-refractivity contribution in [3.63, 3.8) is 0 Å². The molecular formula is C53H41N. The van der Waals surface area contributed by atoms with Gasteiger partial charge in [-0.25, -0.2) is 0 Å². The Kier molecular flexibility index (Phi) is 10.6. The Bertz CT molecular complexity index is 2230. The van der Waals surface area contributed by atoms with Crippen molar-refractivity contribution in [3.8, 4) is 22.3 Å². The van der Waals surface area contributed by atoms with E-state index in [2.05, 4.69) is 211 Å². The highest BCUT2D eigenvalue weighted by Gasteiger charge is 2.10. The Morgan fingerprint density at radius 2 is 0.741 bits per heavy atom. The zero-order valence-electron chi connectivity index (χ0n) is 30.2. The van der Waals surface area contributed by atoms with Crippen molar-refractivity contribution in [3.05, 3.63) is 257 Å². The molecule has 0 radical (unpaired) electrons. The third-order valence-corrected chi connectivity index (χ3v) is 9.87. The van der Waals surface area contributed by atoms with Crippen LogP contribution in [0, 0.1) is 0 Å². The zero-order chi connectivity index (χ0) is 36.4. The summed E-state index contributed by atoms with van der Waals surface area (Å²) in [6.45, 7) is 0. The third-order valence-electron chi connectivity index (χ3n) is 9.87. The molecule has 0 fully saturated rings. The van der Waals surface area contributed by atoms with E-state index < -0.39 is 0 Å². The predicted octanol–water partition coefficient (Wildman–Crippen LogP) is 13.4. The minimum atomic E-state index is 0.934. The summed E-state index contributed by atoms with van der Waals surface area (Å²) in [5.41, 5.74) is 17.0. The van der Waals surface area contributed by atoms with Crippen molar-refractivity contribution in [2.24, 2.45) is 0 Å². The van der Waals surface area contributed by atoms with Gasteiger partial charge in [-0.3, -0.25) is 4.98 Å². The number of nitrogens with zero attached hydrogens (tertiary/aromatic N) is 1. The largest absolute Gasteiger partial charge is 0.264 e. The number of benzene rings is 7. The number of hydrogen-bond acceptors (Lipinski definition) is 1. The molecule has 8 rings (SSSR count). The number of pyridine rings is 1. The summed E-state index contributed by atoms with van der Waals surface area (Å²) < 4.78 is 0. The first-order valence-electron chi connectivity index (χ1n) is 18.6. The van der Waals surface area contributed by atoms with Gasteiger partial charge in [0.15, 0.2) is 0 Å². The molecule has 0 N–H and O–H groups in total. The molecule has 0 atom stereocenters. The lowest BCUT2D eigenvalue weighted by atomic mass is 9.92. The SMILES string of the molecule is C(=C(c1ccccc1)c1ccccc1)c1ccc(-c2cc(CCc3cccnc3)cc(-c3ccc(C=C(c4ccccc4)c4ccccc4)cc3)c2)cc1. The fraction of sp³-hybridized carbons (Fsp3) is 0.0377. The summed E-state index contributed by atoms with van der Waals surface area (Å²) in [7, 11) is 0. The third kappa shape index (κ3) is 8.44. The summed E-state index contributed by atoms with van der Waals surface area (Å²) in [5, 5.41) is 0. The molecule has 1 heterocycles. The van der Waals surface area contributed by atoms with E-state index in [-0.39, 0.29) is 0 Å². The van der Waals surface area contributed by atoms with Crippen LogP contribution in [-0.2, 0) is 12.8 Å². The lowest BCUT2D eigenvalue weighted by molar-refractivity contribution is 0.951. The monoisotopic (exact) mass is 691 g/mol. The van der Waals surface area contributed by atoms with Crippen LogP contribution in [0.5, 0.6) is 0 Å². The number of aromatic nitrogens is 1. The number of aryl methyl sites for hydroxylation is 2. The van der Waals surface area contributed by atoms with E-state index >= 15 is 0 Å². The average molecular weight is 692 g/mol. The first kappa shape index (κ1) is 34.3. The van der Waals surface area contributed by atoms with Gasteiger partial charge < -0.3 is 0 Å². The summed E-state index contributed by atoms with van der Waals surface area (Å²) in [6.07, 6.45) is 10.3. The van der Waals surface area contributed by atoms with Crippen molar-refractivity contribution >= 4 is 23.3 Å². The fourth-order valence-electron chi connectivity index (χ4n) is 7.02. The van der Waals surface area contributed by atoms with Crippen LogP contribution in [0.15, 0.2) is 213 Å². The Morgan fingerprint density at radius 3 is 1.11 bits per heavy atom. The molecule has 8 aromatic rings. The van der Waals surface area contributed by atoms with Gasteiger partial charge in [0, 0.05) is 12.4 Å². The Labute approximate surface area is 319 Å². The van der Waals surface area contributed by atoms with Crippen LogP contribution in [0.1, 0.15) is 44.5 Å². The second-order valence-electron chi connectivity index (χ2n) is 13.6. The maximum absolute atomic E-state index is 4.35. The summed E-state index contributed by atoms with van der Waals surface area (Å²) in [4.78, 5) is 4.35. The maximum Gasteiger partial charge on any atom is 0.0299 e. The van der Waals surface area contributed by atoms with E-state index in [1.807, 2.05) is 18.5 Å². The lowest BCUT2D eigenvalue weighted by Gasteiger charge is -2.13. The molecule has 1 nitrogen and oxygen atoms in total. The zero-order valence-corrected chi connectivity index (χ0v) is 30.2. The van der Waals surface area contributed by atoms with E-state index in [0.717, 1.165) is 12.8 Å². The van der Waals surface area contributed by atoms with Crippen molar-refractivity contribution < 1.29 is 0 Å². The molecule has 0 aliphatic heterocycles. The molecule has 0 unspecified atom stereocenters. The molecule has 1 aromatic heterocycles. The molecule has 0 amide bonds. The van der Waals surface area contributed by atoms with Crippen LogP contribution in [-0.4, -0.2) is 4.98 Å². The minimum absolute atomic E-state index is 0.934. The van der Waals surface area contributed by atoms with Crippen LogP contribution in [0.3, 0.4) is 0 Å². The van der Waals surface area contributed by atoms with Gasteiger partial charge in [0.2, 0.25) is 0 Å². The summed E-state index contributed by atoms with van der Waals surface area (Å²) >= 11 is 0. The molecule has 0 aliphatic carbocycles. The molecule has 0 saturated carbocycles. The lowest BCUT2D eigenvalue weighted by Crippen LogP contribution is -1.94.